The molecule has 8 heteroatoms. The van der Waals surface area contributed by atoms with Gasteiger partial charge in [0.15, 0.2) is 9.84 Å². The Kier molecular flexibility index (Phi) is 6.84. The number of primary amides is 1. The fraction of sp³-hybridized carbons (Fsp3) is 0.241. The normalized spacial score (nSPS) is 13.4. The summed E-state index contributed by atoms with van der Waals surface area (Å²) in [5, 5.41) is 0. The van der Waals surface area contributed by atoms with Gasteiger partial charge in [-0.25, -0.2) is 18.2 Å². The number of hydrogen-bond donors (Lipinski definition) is 1. The molecule has 0 aliphatic heterocycles. The fourth-order valence-electron chi connectivity index (χ4n) is 4.83. The number of imidazole rings is 1. The zero-order valence-electron chi connectivity index (χ0n) is 20.6. The van der Waals surface area contributed by atoms with E-state index >= 15 is 0 Å². The lowest BCUT2D eigenvalue weighted by atomic mass is 10.00. The number of ether oxygens (including phenoxy) is 1. The van der Waals surface area contributed by atoms with Crippen molar-refractivity contribution in [3.63, 3.8) is 0 Å². The van der Waals surface area contributed by atoms with Gasteiger partial charge in [-0.2, -0.15) is 0 Å². The van der Waals surface area contributed by atoms with Crippen molar-refractivity contribution >= 4 is 15.9 Å². The molecule has 0 spiro atoms. The quantitative estimate of drug-likeness (QED) is 0.363. The first-order chi connectivity index (χ1) is 17.8. The summed E-state index contributed by atoms with van der Waals surface area (Å²) in [7, 11) is -3.22. The van der Waals surface area contributed by atoms with Crippen LogP contribution in [0.25, 0.3) is 11.3 Å². The van der Waals surface area contributed by atoms with Gasteiger partial charge in [-0.1, -0.05) is 36.4 Å². The molecular weight excluding hydrogens is 486 g/mol. The number of aryl methyl sites for hydroxylation is 1. The highest BCUT2D eigenvalue weighted by molar-refractivity contribution is 7.90. The molecule has 7 nitrogen and oxygen atoms in total. The number of nitrogens with zero attached hydrogens (tertiary/aromatic N) is 2. The average Bonchev–Trinajstić information content (AvgIpc) is 3.50. The van der Waals surface area contributed by atoms with Gasteiger partial charge in [0.2, 0.25) is 0 Å². The van der Waals surface area contributed by atoms with Crippen molar-refractivity contribution in [1.82, 2.24) is 9.55 Å². The van der Waals surface area contributed by atoms with Crippen LogP contribution in [-0.4, -0.2) is 30.3 Å². The van der Waals surface area contributed by atoms with Crippen LogP contribution in [0.4, 0.5) is 4.79 Å². The van der Waals surface area contributed by atoms with Crippen molar-refractivity contribution in [3.05, 3.63) is 102 Å². The van der Waals surface area contributed by atoms with Gasteiger partial charge in [0.05, 0.1) is 10.6 Å². The van der Waals surface area contributed by atoms with Crippen LogP contribution in [0.5, 0.6) is 5.75 Å². The first kappa shape index (κ1) is 24.8. The highest BCUT2D eigenvalue weighted by Gasteiger charge is 2.22. The third kappa shape index (κ3) is 5.75. The summed E-state index contributed by atoms with van der Waals surface area (Å²) in [6, 6.07) is 22.1. The van der Waals surface area contributed by atoms with Crippen LogP contribution < -0.4 is 10.5 Å². The number of aromatic nitrogens is 2. The Morgan fingerprint density at radius 2 is 1.65 bits per heavy atom. The molecule has 0 bridgehead atoms. The van der Waals surface area contributed by atoms with E-state index in [2.05, 4.69) is 24.3 Å². The molecule has 1 amide bonds. The summed E-state index contributed by atoms with van der Waals surface area (Å²) in [6.07, 6.45) is 6.62. The molecule has 0 radical (unpaired) electrons. The fourth-order valence-corrected chi connectivity index (χ4v) is 5.46. The van der Waals surface area contributed by atoms with Gasteiger partial charge < -0.3 is 10.5 Å². The van der Waals surface area contributed by atoms with Crippen molar-refractivity contribution in [2.45, 2.75) is 37.2 Å². The minimum absolute atomic E-state index is 0.281. The van der Waals surface area contributed by atoms with Crippen molar-refractivity contribution in [1.29, 1.82) is 0 Å². The van der Waals surface area contributed by atoms with Crippen LogP contribution in [0.15, 0.2) is 83.9 Å². The average molecular weight is 516 g/mol. The lowest BCUT2D eigenvalue weighted by Gasteiger charge is -2.09. The van der Waals surface area contributed by atoms with E-state index in [0.717, 1.165) is 30.4 Å². The van der Waals surface area contributed by atoms with Crippen molar-refractivity contribution < 1.29 is 17.9 Å². The maximum Gasteiger partial charge on any atom is 0.324 e. The summed E-state index contributed by atoms with van der Waals surface area (Å²) in [4.78, 5) is 17.1. The summed E-state index contributed by atoms with van der Waals surface area (Å²) in [5.41, 5.74) is 10.9. The number of nitrogens with two attached hydrogens (primary N) is 1. The Bertz CT molecular complexity index is 1500. The molecule has 190 valence electrons. The molecule has 37 heavy (non-hydrogen) atoms. The molecule has 2 N–H and O–H groups in total. The van der Waals surface area contributed by atoms with Crippen LogP contribution >= 0.6 is 0 Å². The molecule has 1 aromatic heterocycles. The van der Waals surface area contributed by atoms with E-state index in [0.29, 0.717) is 36.2 Å². The number of fused-ring (bicyclic) bond motifs is 1. The van der Waals surface area contributed by atoms with Crippen molar-refractivity contribution in [3.8, 4) is 17.0 Å². The molecule has 0 unspecified atom stereocenters. The van der Waals surface area contributed by atoms with Crippen LogP contribution in [0.2, 0.25) is 0 Å². The second kappa shape index (κ2) is 10.2. The predicted octanol–water partition coefficient (Wildman–Crippen LogP) is 4.81. The summed E-state index contributed by atoms with van der Waals surface area (Å²) < 4.78 is 30.5. The number of carbonyl (C=O) groups excluding carboxylic acids is 1. The molecule has 4 aromatic rings. The smallest absolute Gasteiger partial charge is 0.324 e. The van der Waals surface area contributed by atoms with Gasteiger partial charge in [0.25, 0.3) is 0 Å². The van der Waals surface area contributed by atoms with E-state index < -0.39 is 15.9 Å². The molecule has 1 heterocycles. The van der Waals surface area contributed by atoms with E-state index in [1.807, 2.05) is 24.3 Å². The number of sulfone groups is 1. The van der Waals surface area contributed by atoms with Gasteiger partial charge in [0.1, 0.15) is 18.2 Å². The molecule has 1 aliphatic carbocycles. The summed E-state index contributed by atoms with van der Waals surface area (Å²) in [5.74, 6) is 1.89. The lowest BCUT2D eigenvalue weighted by Crippen LogP contribution is -2.21. The van der Waals surface area contributed by atoms with E-state index in [1.165, 1.54) is 21.9 Å². The number of amides is 1. The topological polar surface area (TPSA) is 104 Å². The molecule has 0 saturated carbocycles. The largest absolute Gasteiger partial charge is 0.489 e. The minimum Gasteiger partial charge on any atom is -0.489 e. The Hall–Kier alpha value is -3.91. The van der Waals surface area contributed by atoms with Gasteiger partial charge in [-0.3, -0.25) is 4.57 Å². The molecular formula is C29H29N3O4S. The number of rotatable bonds is 8. The van der Waals surface area contributed by atoms with Gasteiger partial charge in [-0.15, -0.1) is 0 Å². The Labute approximate surface area is 216 Å². The second-order valence-electron chi connectivity index (χ2n) is 9.56. The van der Waals surface area contributed by atoms with Crippen LogP contribution in [0, 0.1) is 5.92 Å². The second-order valence-corrected chi connectivity index (χ2v) is 11.6. The first-order valence-corrected chi connectivity index (χ1v) is 14.1. The number of benzene rings is 3. The summed E-state index contributed by atoms with van der Waals surface area (Å²) >= 11 is 0. The molecule has 0 saturated heterocycles. The molecule has 3 aromatic carbocycles. The molecule has 1 aliphatic rings. The van der Waals surface area contributed by atoms with Gasteiger partial charge >= 0.3 is 6.03 Å². The SMILES string of the molecule is CS(=O)(=O)c1ccc(COc2ccc(-c3cn(C(N)=O)c(CCC4Cc5ccccc5C4)n3)cc2)cc1. The summed E-state index contributed by atoms with van der Waals surface area (Å²) in [6.45, 7) is 0.314. The third-order valence-electron chi connectivity index (χ3n) is 6.84. The monoisotopic (exact) mass is 515 g/mol. The minimum atomic E-state index is -3.22. The van der Waals surface area contributed by atoms with Crippen LogP contribution in [0.3, 0.4) is 0 Å². The Morgan fingerprint density at radius 3 is 2.24 bits per heavy atom. The molecule has 0 atom stereocenters. The zero-order chi connectivity index (χ0) is 26.0. The van der Waals surface area contributed by atoms with Crippen molar-refractivity contribution in [2.75, 3.05) is 6.26 Å². The van der Waals surface area contributed by atoms with Crippen LogP contribution in [0.1, 0.15) is 28.9 Å². The van der Waals surface area contributed by atoms with Crippen molar-refractivity contribution in [2.24, 2.45) is 11.7 Å². The zero-order valence-corrected chi connectivity index (χ0v) is 21.4. The van der Waals surface area contributed by atoms with E-state index in [4.69, 9.17) is 15.5 Å². The maximum absolute atomic E-state index is 12.1. The predicted molar refractivity (Wildman–Crippen MR) is 142 cm³/mol. The maximum atomic E-state index is 12.1. The first-order valence-electron chi connectivity index (χ1n) is 12.2. The lowest BCUT2D eigenvalue weighted by molar-refractivity contribution is 0.249. The number of carbonyl (C=O) groups is 1. The third-order valence-corrected chi connectivity index (χ3v) is 7.96. The highest BCUT2D eigenvalue weighted by Crippen LogP contribution is 2.30. The number of hydrogen-bond acceptors (Lipinski definition) is 5. The standard InChI is InChI=1S/C29H29N3O4S/c1-37(34,35)26-13-6-20(7-14-26)19-36-25-11-9-22(10-12-25)27-18-32(29(30)33)28(31-27)15-8-21-16-23-4-2-3-5-24(23)17-21/h2-7,9-14,18,21H,8,15-17,19H2,1H3,(H2,30,33). The van der Waals surface area contributed by atoms with E-state index in [9.17, 15) is 13.2 Å². The molecule has 0 fully saturated rings. The Morgan fingerprint density at radius 1 is 1.00 bits per heavy atom. The van der Waals surface area contributed by atoms with Crippen LogP contribution in [-0.2, 0) is 35.7 Å². The van der Waals surface area contributed by atoms with Gasteiger partial charge in [0, 0.05) is 24.4 Å². The van der Waals surface area contributed by atoms with E-state index in [1.54, 1.807) is 30.5 Å². The highest BCUT2D eigenvalue weighted by atomic mass is 32.2. The molecule has 5 rings (SSSR count). The van der Waals surface area contributed by atoms with E-state index in [-0.39, 0.29) is 4.90 Å². The van der Waals surface area contributed by atoms with Gasteiger partial charge in [-0.05, 0) is 78.3 Å². The Balaban J connectivity index is 1.22.